The van der Waals surface area contributed by atoms with Gasteiger partial charge in [-0.2, -0.15) is 0 Å². The molecule has 0 spiro atoms. The van der Waals surface area contributed by atoms with Crippen molar-refractivity contribution in [1.29, 1.82) is 0 Å². The third-order valence-electron chi connectivity index (χ3n) is 5.94. The summed E-state index contributed by atoms with van der Waals surface area (Å²) in [6.45, 7) is 0. The first-order valence-electron chi connectivity index (χ1n) is 11.6. The van der Waals surface area contributed by atoms with Gasteiger partial charge in [-0.05, 0) is 35.4 Å². The van der Waals surface area contributed by atoms with Crippen molar-refractivity contribution in [2.75, 3.05) is 33.8 Å². The molecule has 0 bridgehead atoms. The van der Waals surface area contributed by atoms with Crippen LogP contribution in [0.1, 0.15) is 5.56 Å². The molecule has 10 heteroatoms. The van der Waals surface area contributed by atoms with Crippen LogP contribution >= 0.6 is 11.6 Å². The minimum atomic E-state index is -1.68. The number of benzene rings is 3. The van der Waals surface area contributed by atoms with Crippen molar-refractivity contribution < 1.29 is 28.3 Å². The largest absolute Gasteiger partial charge is 0.495 e. The summed E-state index contributed by atoms with van der Waals surface area (Å²) in [7, 11) is 6.11. The number of halogens is 1. The van der Waals surface area contributed by atoms with Gasteiger partial charge in [-0.25, -0.2) is 0 Å². The first-order valence-corrected chi connectivity index (χ1v) is 12.0. The van der Waals surface area contributed by atoms with Gasteiger partial charge in [0.2, 0.25) is 5.75 Å². The van der Waals surface area contributed by atoms with E-state index >= 15 is 0 Å². The van der Waals surface area contributed by atoms with E-state index in [4.69, 9.17) is 40.8 Å². The summed E-state index contributed by atoms with van der Waals surface area (Å²) in [5, 5.41) is 6.81. The van der Waals surface area contributed by atoms with Gasteiger partial charge in [-0.1, -0.05) is 53.2 Å². The Labute approximate surface area is 225 Å². The molecule has 0 saturated carbocycles. The van der Waals surface area contributed by atoms with Gasteiger partial charge in [0, 0.05) is 17.5 Å². The predicted molar refractivity (Wildman–Crippen MR) is 145 cm³/mol. The maximum absolute atomic E-state index is 13.1. The third-order valence-corrected chi connectivity index (χ3v) is 6.24. The summed E-state index contributed by atoms with van der Waals surface area (Å²) in [6, 6.07) is 18.1. The smallest absolute Gasteiger partial charge is 0.260 e. The molecule has 0 aliphatic carbocycles. The van der Waals surface area contributed by atoms with E-state index in [0.29, 0.717) is 51.1 Å². The van der Waals surface area contributed by atoms with Crippen molar-refractivity contribution in [3.8, 4) is 45.4 Å². The Kier molecular flexibility index (Phi) is 8.09. The number of carbonyl (C=O) groups is 1. The summed E-state index contributed by atoms with van der Waals surface area (Å²) < 4.78 is 27.4. The zero-order valence-corrected chi connectivity index (χ0v) is 22.2. The summed E-state index contributed by atoms with van der Waals surface area (Å²) in [5.41, 5.74) is 9.42. The van der Waals surface area contributed by atoms with E-state index in [-0.39, 0.29) is 6.42 Å². The van der Waals surface area contributed by atoms with Crippen molar-refractivity contribution in [1.82, 2.24) is 5.16 Å². The SMILES string of the molecule is COc1ccc(-c2cnoc2-c2cc(OC)c(OC)c(OC)c2)cc1NC(=O)C(N)(Cl)Cc1ccccc1. The van der Waals surface area contributed by atoms with Gasteiger partial charge in [-0.3, -0.25) is 4.79 Å². The number of alkyl halides is 1. The Hall–Kier alpha value is -4.21. The van der Waals surface area contributed by atoms with Crippen molar-refractivity contribution in [2.24, 2.45) is 5.73 Å². The highest BCUT2D eigenvalue weighted by Crippen LogP contribution is 2.44. The van der Waals surface area contributed by atoms with Crippen molar-refractivity contribution >= 4 is 23.2 Å². The maximum Gasteiger partial charge on any atom is 0.260 e. The van der Waals surface area contributed by atoms with Gasteiger partial charge >= 0.3 is 0 Å². The summed E-state index contributed by atoms with van der Waals surface area (Å²) in [6.07, 6.45) is 1.72. The van der Waals surface area contributed by atoms with Crippen LogP contribution in [-0.4, -0.2) is 44.5 Å². The van der Waals surface area contributed by atoms with E-state index in [1.165, 1.54) is 28.4 Å². The second-order valence-corrected chi connectivity index (χ2v) is 9.05. The average molecular weight is 538 g/mol. The van der Waals surface area contributed by atoms with Crippen molar-refractivity contribution in [3.63, 3.8) is 0 Å². The number of nitrogens with two attached hydrogens (primary N) is 1. The molecule has 9 nitrogen and oxygen atoms in total. The normalized spacial score (nSPS) is 12.4. The lowest BCUT2D eigenvalue weighted by atomic mass is 10.0. The highest BCUT2D eigenvalue weighted by Gasteiger charge is 2.32. The molecule has 0 fully saturated rings. The molecular weight excluding hydrogens is 510 g/mol. The molecule has 38 heavy (non-hydrogen) atoms. The average Bonchev–Trinajstić information content (AvgIpc) is 3.42. The number of rotatable bonds is 10. The molecule has 0 aliphatic rings. The number of nitrogens with one attached hydrogen (secondary N) is 1. The molecule has 0 radical (unpaired) electrons. The van der Waals surface area contributed by atoms with Gasteiger partial charge in [0.05, 0.1) is 40.3 Å². The van der Waals surface area contributed by atoms with Gasteiger partial charge in [-0.15, -0.1) is 0 Å². The van der Waals surface area contributed by atoms with E-state index in [2.05, 4.69) is 10.5 Å². The van der Waals surface area contributed by atoms with Crippen LogP contribution in [0.5, 0.6) is 23.0 Å². The van der Waals surface area contributed by atoms with Crippen molar-refractivity contribution in [3.05, 3.63) is 72.4 Å². The van der Waals surface area contributed by atoms with Crippen LogP contribution < -0.4 is 30.0 Å². The van der Waals surface area contributed by atoms with Crippen LogP contribution in [-0.2, 0) is 11.2 Å². The Morgan fingerprint density at radius 1 is 0.921 bits per heavy atom. The fourth-order valence-electron chi connectivity index (χ4n) is 4.04. The first-order chi connectivity index (χ1) is 18.3. The summed E-state index contributed by atoms with van der Waals surface area (Å²) >= 11 is 6.46. The zero-order valence-electron chi connectivity index (χ0n) is 21.4. The highest BCUT2D eigenvalue weighted by atomic mass is 35.5. The van der Waals surface area contributed by atoms with Gasteiger partial charge < -0.3 is 34.5 Å². The monoisotopic (exact) mass is 537 g/mol. The molecule has 0 aliphatic heterocycles. The van der Waals surface area contributed by atoms with Crippen LogP contribution in [0.2, 0.25) is 0 Å². The molecular formula is C28H28ClN3O6. The number of nitrogens with zero attached hydrogens (tertiary/aromatic N) is 1. The number of methoxy groups -OCH3 is 4. The Balaban J connectivity index is 1.68. The fourth-order valence-corrected chi connectivity index (χ4v) is 4.24. The Morgan fingerprint density at radius 2 is 1.58 bits per heavy atom. The van der Waals surface area contributed by atoms with Crippen LogP contribution in [0.4, 0.5) is 5.69 Å². The quantitative estimate of drug-likeness (QED) is 0.211. The van der Waals surface area contributed by atoms with Crippen LogP contribution in [0.15, 0.2) is 71.4 Å². The number of hydrogen-bond donors (Lipinski definition) is 2. The van der Waals surface area contributed by atoms with E-state index in [9.17, 15) is 4.79 Å². The molecule has 3 N–H and O–H groups in total. The molecule has 4 rings (SSSR count). The molecule has 198 valence electrons. The molecule has 1 heterocycles. The zero-order chi connectivity index (χ0) is 27.3. The summed E-state index contributed by atoms with van der Waals surface area (Å²) in [4.78, 5) is 11.4. The van der Waals surface area contributed by atoms with Crippen molar-refractivity contribution in [2.45, 2.75) is 11.4 Å². The number of ether oxygens (including phenoxy) is 4. The minimum absolute atomic E-state index is 0.139. The van der Waals surface area contributed by atoms with E-state index in [0.717, 1.165) is 5.56 Å². The predicted octanol–water partition coefficient (Wildman–Crippen LogP) is 5.12. The van der Waals surface area contributed by atoms with Crippen LogP contribution in [0.3, 0.4) is 0 Å². The van der Waals surface area contributed by atoms with E-state index in [1.807, 2.05) is 36.4 Å². The first kappa shape index (κ1) is 26.8. The van der Waals surface area contributed by atoms with Gasteiger partial charge in [0.15, 0.2) is 22.3 Å². The molecule has 1 atom stereocenters. The molecule has 0 saturated heterocycles. The molecule has 4 aromatic rings. The van der Waals surface area contributed by atoms with Gasteiger partial charge in [0.1, 0.15) is 5.75 Å². The Bertz CT molecular complexity index is 1400. The molecule has 1 aromatic heterocycles. The fraction of sp³-hybridized carbons (Fsp3) is 0.214. The van der Waals surface area contributed by atoms with Crippen LogP contribution in [0.25, 0.3) is 22.5 Å². The lowest BCUT2D eigenvalue weighted by molar-refractivity contribution is -0.118. The molecule has 1 unspecified atom stereocenters. The Morgan fingerprint density at radius 3 is 2.18 bits per heavy atom. The topological polar surface area (TPSA) is 118 Å². The summed E-state index contributed by atoms with van der Waals surface area (Å²) in [5.74, 6) is 1.70. The van der Waals surface area contributed by atoms with Crippen LogP contribution in [0, 0.1) is 0 Å². The third kappa shape index (κ3) is 5.53. The second kappa shape index (κ2) is 11.5. The molecule has 3 aromatic carbocycles. The van der Waals surface area contributed by atoms with E-state index < -0.39 is 10.9 Å². The maximum atomic E-state index is 13.1. The number of amides is 1. The number of carbonyl (C=O) groups excluding carboxylic acids is 1. The highest BCUT2D eigenvalue weighted by molar-refractivity contribution is 6.36. The van der Waals surface area contributed by atoms with Gasteiger partial charge in [0.25, 0.3) is 5.91 Å². The van der Waals surface area contributed by atoms with E-state index in [1.54, 1.807) is 30.5 Å². The number of anilines is 1. The lowest BCUT2D eigenvalue weighted by Crippen LogP contribution is -2.48. The standard InChI is InChI=1S/C28H28ClN3O6/c1-34-22-11-10-18(12-21(22)32-27(33)28(29,30)15-17-8-6-5-7-9-17)20-16-31-38-25(20)19-13-23(35-2)26(37-4)24(14-19)36-3/h5-14,16H,15,30H2,1-4H3,(H,32,33). The molecule has 1 amide bonds. The minimum Gasteiger partial charge on any atom is -0.495 e. The lowest BCUT2D eigenvalue weighted by Gasteiger charge is -2.22. The second-order valence-electron chi connectivity index (χ2n) is 8.38. The number of hydrogen-bond acceptors (Lipinski definition) is 8. The number of aromatic nitrogens is 1.